The Labute approximate surface area is 106 Å². The van der Waals surface area contributed by atoms with Gasteiger partial charge in [-0.3, -0.25) is 4.79 Å². The average Bonchev–Trinajstić information content (AvgIpc) is 2.52. The summed E-state index contributed by atoms with van der Waals surface area (Å²) in [5.41, 5.74) is 1.21. The Hall–Kier alpha value is -1.34. The van der Waals surface area contributed by atoms with Gasteiger partial charge < -0.3 is 5.32 Å². The summed E-state index contributed by atoms with van der Waals surface area (Å²) in [5.74, 6) is -0.0575. The number of amides is 1. The first kappa shape index (κ1) is 13.7. The molecule has 0 radical (unpaired) electrons. The standard InChI is InChI=1S/C13H18N2OS/c1-6-9-8(2)17-11(10(9)7-14)15-12(16)13(3,4)5/h6H2,1-5H3,(H,15,16). The van der Waals surface area contributed by atoms with Crippen LogP contribution in [0, 0.1) is 23.7 Å². The van der Waals surface area contributed by atoms with E-state index in [2.05, 4.69) is 11.4 Å². The molecule has 0 saturated carbocycles. The lowest BCUT2D eigenvalue weighted by Gasteiger charge is -2.16. The molecule has 1 amide bonds. The lowest BCUT2D eigenvalue weighted by Crippen LogP contribution is -2.27. The number of carbonyl (C=O) groups is 1. The van der Waals surface area contributed by atoms with Crippen LogP contribution in [0.2, 0.25) is 0 Å². The van der Waals surface area contributed by atoms with Crippen molar-refractivity contribution in [3.05, 3.63) is 16.0 Å². The molecule has 17 heavy (non-hydrogen) atoms. The van der Waals surface area contributed by atoms with E-state index in [-0.39, 0.29) is 5.91 Å². The summed E-state index contributed by atoms with van der Waals surface area (Å²) >= 11 is 1.48. The summed E-state index contributed by atoms with van der Waals surface area (Å²) in [6, 6.07) is 2.19. The molecule has 0 aromatic carbocycles. The van der Waals surface area contributed by atoms with Crippen molar-refractivity contribution in [1.29, 1.82) is 5.26 Å². The van der Waals surface area contributed by atoms with Gasteiger partial charge in [-0.05, 0) is 18.9 Å². The van der Waals surface area contributed by atoms with E-state index in [0.717, 1.165) is 16.9 Å². The van der Waals surface area contributed by atoms with Crippen LogP contribution in [0.3, 0.4) is 0 Å². The highest BCUT2D eigenvalue weighted by atomic mass is 32.1. The zero-order valence-corrected chi connectivity index (χ0v) is 11.8. The summed E-state index contributed by atoms with van der Waals surface area (Å²) < 4.78 is 0. The fourth-order valence-corrected chi connectivity index (χ4v) is 2.59. The normalized spacial score (nSPS) is 11.1. The van der Waals surface area contributed by atoms with E-state index in [4.69, 9.17) is 5.26 Å². The van der Waals surface area contributed by atoms with E-state index >= 15 is 0 Å². The van der Waals surface area contributed by atoms with Crippen molar-refractivity contribution >= 4 is 22.2 Å². The van der Waals surface area contributed by atoms with Gasteiger partial charge in [-0.2, -0.15) is 5.26 Å². The molecule has 1 heterocycles. The molecule has 92 valence electrons. The van der Waals surface area contributed by atoms with Crippen molar-refractivity contribution in [2.75, 3.05) is 5.32 Å². The minimum absolute atomic E-state index is 0.0575. The van der Waals surface area contributed by atoms with E-state index in [0.29, 0.717) is 10.6 Å². The highest BCUT2D eigenvalue weighted by molar-refractivity contribution is 7.16. The number of hydrogen-bond donors (Lipinski definition) is 1. The Balaban J connectivity index is 3.09. The SMILES string of the molecule is CCc1c(C)sc(NC(=O)C(C)(C)C)c1C#N. The largest absolute Gasteiger partial charge is 0.316 e. The lowest BCUT2D eigenvalue weighted by molar-refractivity contribution is -0.123. The summed E-state index contributed by atoms with van der Waals surface area (Å²) in [7, 11) is 0. The minimum atomic E-state index is -0.447. The van der Waals surface area contributed by atoms with Gasteiger partial charge >= 0.3 is 0 Å². The maximum absolute atomic E-state index is 11.9. The van der Waals surface area contributed by atoms with Crippen LogP contribution in [0.1, 0.15) is 43.7 Å². The van der Waals surface area contributed by atoms with Gasteiger partial charge in [0.25, 0.3) is 0 Å². The van der Waals surface area contributed by atoms with Crippen LogP contribution in [0.25, 0.3) is 0 Å². The molecule has 1 aromatic rings. The van der Waals surface area contributed by atoms with Crippen LogP contribution in [-0.4, -0.2) is 5.91 Å². The van der Waals surface area contributed by atoms with Crippen molar-refractivity contribution in [3.63, 3.8) is 0 Å². The molecule has 1 rings (SSSR count). The number of nitriles is 1. The second kappa shape index (κ2) is 4.89. The quantitative estimate of drug-likeness (QED) is 0.873. The van der Waals surface area contributed by atoms with Gasteiger partial charge in [0.2, 0.25) is 5.91 Å². The van der Waals surface area contributed by atoms with Gasteiger partial charge in [-0.1, -0.05) is 27.7 Å². The third-order valence-corrected chi connectivity index (χ3v) is 3.65. The van der Waals surface area contributed by atoms with Crippen LogP contribution in [0.15, 0.2) is 0 Å². The van der Waals surface area contributed by atoms with Crippen LogP contribution < -0.4 is 5.32 Å². The zero-order valence-electron chi connectivity index (χ0n) is 11.0. The highest BCUT2D eigenvalue weighted by Crippen LogP contribution is 2.33. The first-order valence-electron chi connectivity index (χ1n) is 5.65. The molecule has 0 bridgehead atoms. The van der Waals surface area contributed by atoms with Gasteiger partial charge in [0.05, 0.1) is 5.56 Å². The molecule has 1 N–H and O–H groups in total. The van der Waals surface area contributed by atoms with E-state index in [1.54, 1.807) is 0 Å². The van der Waals surface area contributed by atoms with Crippen LogP contribution in [0.5, 0.6) is 0 Å². The number of thiophene rings is 1. The molecule has 0 aliphatic carbocycles. The molecule has 4 heteroatoms. The summed E-state index contributed by atoms with van der Waals surface area (Å²) in [6.07, 6.45) is 0.816. The van der Waals surface area contributed by atoms with E-state index in [1.807, 2.05) is 34.6 Å². The molecular formula is C13H18N2OS. The van der Waals surface area contributed by atoms with Crippen LogP contribution in [0.4, 0.5) is 5.00 Å². The maximum atomic E-state index is 11.9. The summed E-state index contributed by atoms with van der Waals surface area (Å²) in [4.78, 5) is 13.0. The third kappa shape index (κ3) is 2.86. The van der Waals surface area contributed by atoms with E-state index in [9.17, 15) is 4.79 Å². The number of nitrogens with zero attached hydrogens (tertiary/aromatic N) is 1. The second-order valence-electron chi connectivity index (χ2n) is 5.01. The van der Waals surface area contributed by atoms with Gasteiger partial charge in [-0.15, -0.1) is 11.3 Å². The Morgan fingerprint density at radius 1 is 1.47 bits per heavy atom. The van der Waals surface area contributed by atoms with Crippen molar-refractivity contribution in [2.24, 2.45) is 5.41 Å². The van der Waals surface area contributed by atoms with Gasteiger partial charge in [0.1, 0.15) is 11.1 Å². The highest BCUT2D eigenvalue weighted by Gasteiger charge is 2.24. The number of hydrogen-bond acceptors (Lipinski definition) is 3. The topological polar surface area (TPSA) is 52.9 Å². The predicted molar refractivity (Wildman–Crippen MR) is 71.2 cm³/mol. The first-order chi connectivity index (χ1) is 7.81. The monoisotopic (exact) mass is 250 g/mol. The third-order valence-electron chi connectivity index (χ3n) is 2.58. The van der Waals surface area contributed by atoms with Gasteiger partial charge in [-0.25, -0.2) is 0 Å². The zero-order chi connectivity index (χ0) is 13.2. The summed E-state index contributed by atoms with van der Waals surface area (Å²) in [6.45, 7) is 9.57. The van der Waals surface area contributed by atoms with E-state index in [1.165, 1.54) is 11.3 Å². The first-order valence-corrected chi connectivity index (χ1v) is 6.46. The molecule has 1 aromatic heterocycles. The predicted octanol–water partition coefficient (Wildman–Crippen LogP) is 3.48. The number of nitrogens with one attached hydrogen (secondary N) is 1. The van der Waals surface area contributed by atoms with Crippen molar-refractivity contribution in [1.82, 2.24) is 0 Å². The molecule has 0 aliphatic rings. The molecule has 3 nitrogen and oxygen atoms in total. The number of aryl methyl sites for hydroxylation is 1. The maximum Gasteiger partial charge on any atom is 0.230 e. The van der Waals surface area contributed by atoms with Crippen LogP contribution in [-0.2, 0) is 11.2 Å². The molecule has 0 unspecified atom stereocenters. The lowest BCUT2D eigenvalue weighted by atomic mass is 9.96. The van der Waals surface area contributed by atoms with Crippen molar-refractivity contribution in [3.8, 4) is 6.07 Å². The van der Waals surface area contributed by atoms with Gasteiger partial charge in [0, 0.05) is 10.3 Å². The number of anilines is 1. The fourth-order valence-electron chi connectivity index (χ4n) is 1.50. The summed E-state index contributed by atoms with van der Waals surface area (Å²) in [5, 5.41) is 12.7. The van der Waals surface area contributed by atoms with E-state index < -0.39 is 5.41 Å². The van der Waals surface area contributed by atoms with Gasteiger partial charge in [0.15, 0.2) is 0 Å². The molecule has 0 atom stereocenters. The second-order valence-corrected chi connectivity index (χ2v) is 6.24. The smallest absolute Gasteiger partial charge is 0.230 e. The molecule has 0 saturated heterocycles. The molecule has 0 spiro atoms. The molecular weight excluding hydrogens is 232 g/mol. The number of rotatable bonds is 2. The fraction of sp³-hybridized carbons (Fsp3) is 0.538. The Kier molecular flexibility index (Phi) is 3.94. The Morgan fingerprint density at radius 2 is 2.06 bits per heavy atom. The Morgan fingerprint density at radius 3 is 2.47 bits per heavy atom. The van der Waals surface area contributed by atoms with Crippen molar-refractivity contribution < 1.29 is 4.79 Å². The Bertz CT molecular complexity index is 475. The number of carbonyl (C=O) groups excluding carboxylic acids is 1. The van der Waals surface area contributed by atoms with Crippen molar-refractivity contribution in [2.45, 2.75) is 41.0 Å². The van der Waals surface area contributed by atoms with Crippen LogP contribution >= 0.6 is 11.3 Å². The molecule has 0 aliphatic heterocycles. The molecule has 0 fully saturated rings. The minimum Gasteiger partial charge on any atom is -0.316 e. The average molecular weight is 250 g/mol.